The molecule has 2 amide bonds. The number of amides is 2. The Kier molecular flexibility index (Phi) is 12.0. The molecule has 2 bridgehead atoms. The number of aryl methyl sites for hydroxylation is 1. The van der Waals surface area contributed by atoms with Gasteiger partial charge in [0.1, 0.15) is 11.6 Å². The summed E-state index contributed by atoms with van der Waals surface area (Å²) < 4.78 is 20.8. The SMILES string of the molecule is CCCC1CCN(CCC)C(=O)CCC(=O)NC(C(O)CNC2(c3cccc(CC)c3)CC2)Cc2cc(F)cc(c2)OC1. The number of fused-ring (bicyclic) bond motifs is 2. The van der Waals surface area contributed by atoms with Gasteiger partial charge >= 0.3 is 0 Å². The van der Waals surface area contributed by atoms with Gasteiger partial charge in [0, 0.05) is 44.1 Å². The summed E-state index contributed by atoms with van der Waals surface area (Å²) in [5.41, 5.74) is 2.94. The van der Waals surface area contributed by atoms with Crippen LogP contribution in [0.25, 0.3) is 0 Å². The lowest BCUT2D eigenvalue weighted by Gasteiger charge is -2.28. The van der Waals surface area contributed by atoms with Crippen molar-refractivity contribution in [2.75, 3.05) is 26.2 Å². The van der Waals surface area contributed by atoms with Crippen molar-refractivity contribution in [2.24, 2.45) is 5.92 Å². The van der Waals surface area contributed by atoms with Crippen molar-refractivity contribution in [3.05, 3.63) is 65.0 Å². The molecule has 4 rings (SSSR count). The Morgan fingerprint density at radius 2 is 1.93 bits per heavy atom. The Bertz CT molecular complexity index is 1220. The fourth-order valence-corrected chi connectivity index (χ4v) is 6.14. The maximum absolute atomic E-state index is 14.7. The second-order valence-electron chi connectivity index (χ2n) is 12.4. The second kappa shape index (κ2) is 15.7. The predicted molar refractivity (Wildman–Crippen MR) is 167 cm³/mol. The summed E-state index contributed by atoms with van der Waals surface area (Å²) in [5, 5.41) is 17.9. The van der Waals surface area contributed by atoms with E-state index in [1.165, 1.54) is 23.3 Å². The lowest BCUT2D eigenvalue weighted by Crippen LogP contribution is -2.50. The number of halogens is 1. The van der Waals surface area contributed by atoms with Crippen molar-refractivity contribution in [1.29, 1.82) is 0 Å². The molecule has 1 aliphatic heterocycles. The van der Waals surface area contributed by atoms with Crippen LogP contribution in [0.4, 0.5) is 4.39 Å². The van der Waals surface area contributed by atoms with Gasteiger partial charge in [-0.05, 0) is 79.7 Å². The highest BCUT2D eigenvalue weighted by atomic mass is 19.1. The maximum Gasteiger partial charge on any atom is 0.223 e. The molecule has 1 aliphatic carbocycles. The Labute approximate surface area is 256 Å². The molecule has 2 aromatic rings. The van der Waals surface area contributed by atoms with Gasteiger partial charge < -0.3 is 25.4 Å². The minimum Gasteiger partial charge on any atom is -0.493 e. The molecule has 43 heavy (non-hydrogen) atoms. The van der Waals surface area contributed by atoms with E-state index in [1.54, 1.807) is 0 Å². The highest BCUT2D eigenvalue weighted by Crippen LogP contribution is 2.45. The number of rotatable bonds is 10. The quantitative estimate of drug-likeness (QED) is 0.348. The Balaban J connectivity index is 1.53. The number of ether oxygens (including phenoxy) is 1. The minimum atomic E-state index is -0.927. The van der Waals surface area contributed by atoms with Crippen LogP contribution in [0.1, 0.15) is 88.8 Å². The van der Waals surface area contributed by atoms with Gasteiger partial charge in [0.2, 0.25) is 11.8 Å². The molecule has 3 unspecified atom stereocenters. The predicted octanol–water partition coefficient (Wildman–Crippen LogP) is 5.27. The zero-order chi connectivity index (χ0) is 30.8. The number of carbonyl (C=O) groups excluding carboxylic acids is 2. The van der Waals surface area contributed by atoms with Crippen LogP contribution in [0, 0.1) is 11.7 Å². The van der Waals surface area contributed by atoms with Crippen LogP contribution in [0.2, 0.25) is 0 Å². The third kappa shape index (κ3) is 9.51. The normalized spacial score (nSPS) is 22.0. The highest BCUT2D eigenvalue weighted by molar-refractivity contribution is 5.84. The van der Waals surface area contributed by atoms with E-state index in [4.69, 9.17) is 4.74 Å². The molecule has 3 atom stereocenters. The van der Waals surface area contributed by atoms with Crippen molar-refractivity contribution in [3.63, 3.8) is 0 Å². The van der Waals surface area contributed by atoms with E-state index in [0.717, 1.165) is 44.9 Å². The van der Waals surface area contributed by atoms with E-state index in [0.29, 0.717) is 31.0 Å². The molecule has 2 aliphatic rings. The molecule has 1 fully saturated rings. The maximum atomic E-state index is 14.7. The molecular formula is C35H50FN3O4. The van der Waals surface area contributed by atoms with Crippen LogP contribution < -0.4 is 15.4 Å². The molecule has 236 valence electrons. The summed E-state index contributed by atoms with van der Waals surface area (Å²) in [4.78, 5) is 28.1. The number of aliphatic hydroxyl groups is 1. The van der Waals surface area contributed by atoms with E-state index >= 15 is 0 Å². The molecule has 8 heteroatoms. The Hall–Kier alpha value is -2.97. The van der Waals surface area contributed by atoms with E-state index in [2.05, 4.69) is 48.7 Å². The molecule has 0 radical (unpaired) electrons. The van der Waals surface area contributed by atoms with Gasteiger partial charge in [0.15, 0.2) is 0 Å². The number of carbonyl (C=O) groups is 2. The molecule has 0 saturated heterocycles. The van der Waals surface area contributed by atoms with Gasteiger partial charge in [0.05, 0.1) is 18.8 Å². The van der Waals surface area contributed by atoms with Crippen LogP contribution in [0.5, 0.6) is 5.75 Å². The fraction of sp³-hybridized carbons (Fsp3) is 0.600. The molecule has 1 saturated carbocycles. The van der Waals surface area contributed by atoms with Crippen LogP contribution in [0.3, 0.4) is 0 Å². The average Bonchev–Trinajstić information content (AvgIpc) is 3.79. The molecule has 1 heterocycles. The Morgan fingerprint density at radius 1 is 1.12 bits per heavy atom. The van der Waals surface area contributed by atoms with Crippen molar-refractivity contribution < 1.29 is 23.8 Å². The fourth-order valence-electron chi connectivity index (χ4n) is 6.14. The first kappa shape index (κ1) is 32.9. The number of nitrogens with zero attached hydrogens (tertiary/aromatic N) is 1. The molecule has 3 N–H and O–H groups in total. The first-order valence-electron chi connectivity index (χ1n) is 16.3. The van der Waals surface area contributed by atoms with Crippen LogP contribution in [-0.2, 0) is 28.0 Å². The molecule has 0 aromatic heterocycles. The summed E-state index contributed by atoms with van der Waals surface area (Å²) in [6.45, 7) is 8.26. The minimum absolute atomic E-state index is 0.0312. The largest absolute Gasteiger partial charge is 0.493 e. The number of hydrogen-bond donors (Lipinski definition) is 3. The van der Waals surface area contributed by atoms with Crippen molar-refractivity contribution in [2.45, 2.75) is 103 Å². The van der Waals surface area contributed by atoms with Crippen LogP contribution in [-0.4, -0.2) is 60.2 Å². The van der Waals surface area contributed by atoms with Gasteiger partial charge in [0.25, 0.3) is 0 Å². The third-order valence-electron chi connectivity index (χ3n) is 8.89. The average molecular weight is 596 g/mol. The summed E-state index contributed by atoms with van der Waals surface area (Å²) in [6, 6.07) is 12.5. The summed E-state index contributed by atoms with van der Waals surface area (Å²) in [6.07, 6.45) is 5.93. The number of nitrogens with one attached hydrogen (secondary N) is 2. The monoisotopic (exact) mass is 595 g/mol. The standard InChI is InChI=1S/C35H50FN3O4/c1-4-8-26-13-17-39(16-5-2)34(42)12-11-33(41)38-31(21-27-19-29(36)22-30(20-27)43-24-26)32(40)23-37-35(14-15-35)28-10-7-9-25(6-3)18-28/h7,9-10,18-20,22,26,31-32,37,40H,4-6,8,11-17,21,23-24H2,1-3H3,(H,38,41). The summed E-state index contributed by atoms with van der Waals surface area (Å²) in [5.74, 6) is -0.0693. The lowest BCUT2D eigenvalue weighted by molar-refractivity contribution is -0.134. The van der Waals surface area contributed by atoms with Crippen LogP contribution in [0.15, 0.2) is 42.5 Å². The molecule has 2 aromatic carbocycles. The summed E-state index contributed by atoms with van der Waals surface area (Å²) in [7, 11) is 0. The zero-order valence-electron chi connectivity index (χ0n) is 26.2. The van der Waals surface area contributed by atoms with Gasteiger partial charge in [-0.3, -0.25) is 9.59 Å². The highest BCUT2D eigenvalue weighted by Gasteiger charge is 2.44. The van der Waals surface area contributed by atoms with E-state index < -0.39 is 18.0 Å². The molecular weight excluding hydrogens is 545 g/mol. The van der Waals surface area contributed by atoms with E-state index in [9.17, 15) is 19.1 Å². The first-order chi connectivity index (χ1) is 20.7. The first-order valence-corrected chi connectivity index (χ1v) is 16.3. The number of hydrogen-bond acceptors (Lipinski definition) is 5. The van der Waals surface area contributed by atoms with Gasteiger partial charge in [-0.25, -0.2) is 4.39 Å². The van der Waals surface area contributed by atoms with Crippen molar-refractivity contribution in [3.8, 4) is 5.75 Å². The lowest BCUT2D eigenvalue weighted by atomic mass is 9.98. The van der Waals surface area contributed by atoms with Crippen LogP contribution >= 0.6 is 0 Å². The topological polar surface area (TPSA) is 90.9 Å². The smallest absolute Gasteiger partial charge is 0.223 e. The number of aliphatic hydroxyl groups excluding tert-OH is 1. The van der Waals surface area contributed by atoms with E-state index in [-0.39, 0.29) is 49.1 Å². The van der Waals surface area contributed by atoms with Crippen molar-refractivity contribution >= 4 is 11.8 Å². The van der Waals surface area contributed by atoms with Gasteiger partial charge in [-0.15, -0.1) is 0 Å². The molecule has 7 nitrogen and oxygen atoms in total. The van der Waals surface area contributed by atoms with Gasteiger partial charge in [-0.1, -0.05) is 51.5 Å². The van der Waals surface area contributed by atoms with E-state index in [1.807, 2.05) is 17.9 Å². The van der Waals surface area contributed by atoms with Gasteiger partial charge in [-0.2, -0.15) is 0 Å². The number of benzene rings is 2. The van der Waals surface area contributed by atoms with Crippen molar-refractivity contribution in [1.82, 2.24) is 15.5 Å². The Morgan fingerprint density at radius 3 is 2.65 bits per heavy atom. The summed E-state index contributed by atoms with van der Waals surface area (Å²) >= 11 is 0. The molecule has 0 spiro atoms. The third-order valence-corrected chi connectivity index (χ3v) is 8.89. The zero-order valence-corrected chi connectivity index (χ0v) is 26.2. The second-order valence-corrected chi connectivity index (χ2v) is 12.4.